The number of ether oxygens (including phenoxy) is 1. The van der Waals surface area contributed by atoms with Gasteiger partial charge in [0.25, 0.3) is 5.91 Å². The maximum atomic E-state index is 12.9. The van der Waals surface area contributed by atoms with Gasteiger partial charge in [-0.15, -0.1) is 21.5 Å². The van der Waals surface area contributed by atoms with Crippen molar-refractivity contribution in [1.82, 2.24) is 14.8 Å². The minimum Gasteiger partial charge on any atom is -0.486 e. The summed E-state index contributed by atoms with van der Waals surface area (Å²) >= 11 is 2.53. The molecule has 0 aliphatic heterocycles. The van der Waals surface area contributed by atoms with Crippen LogP contribution in [0.3, 0.4) is 0 Å². The first-order valence-electron chi connectivity index (χ1n) is 11.1. The van der Waals surface area contributed by atoms with Gasteiger partial charge in [0.05, 0.1) is 16.9 Å². The van der Waals surface area contributed by atoms with Crippen LogP contribution in [0, 0.1) is 5.92 Å². The van der Waals surface area contributed by atoms with Crippen LogP contribution in [0.1, 0.15) is 45.5 Å². The zero-order valence-electron chi connectivity index (χ0n) is 19.5. The molecule has 0 saturated carbocycles. The van der Waals surface area contributed by atoms with E-state index in [0.717, 1.165) is 53.6 Å². The number of alkyl halides is 3. The largest absolute Gasteiger partial charge is 0.486 e. The van der Waals surface area contributed by atoms with E-state index in [1.807, 2.05) is 0 Å². The normalized spacial score (nSPS) is 15.4. The summed E-state index contributed by atoms with van der Waals surface area (Å²) in [6.45, 7) is 2.06. The van der Waals surface area contributed by atoms with Crippen molar-refractivity contribution < 1.29 is 27.5 Å². The highest BCUT2D eigenvalue weighted by Crippen LogP contribution is 2.39. The molecule has 1 aromatic carbocycles. The number of anilines is 1. The van der Waals surface area contributed by atoms with Crippen molar-refractivity contribution in [3.8, 4) is 5.75 Å². The van der Waals surface area contributed by atoms with Crippen molar-refractivity contribution >= 4 is 39.9 Å². The average molecular weight is 540 g/mol. The standard InChI is InChI=1S/C23H24F3N5O3S2/c1-12-6-7-15-16(8-12)36-21(19(15)20(27)33)28-18(32)11-35-22-30-29-17(31(22)2)10-34-14-5-3-4-13(9-14)23(24,25)26/h3-5,9,12H,6-8,10-11H2,1-2H3,(H2,27,33)(H,28,32). The predicted octanol–water partition coefficient (Wildman–Crippen LogP) is 4.43. The number of nitrogens with zero attached hydrogens (tertiary/aromatic N) is 3. The molecule has 2 heterocycles. The lowest BCUT2D eigenvalue weighted by molar-refractivity contribution is -0.137. The van der Waals surface area contributed by atoms with Crippen LogP contribution in [0.25, 0.3) is 0 Å². The van der Waals surface area contributed by atoms with E-state index in [9.17, 15) is 22.8 Å². The Morgan fingerprint density at radius 1 is 1.33 bits per heavy atom. The highest BCUT2D eigenvalue weighted by Gasteiger charge is 2.31. The van der Waals surface area contributed by atoms with Gasteiger partial charge in [0, 0.05) is 11.9 Å². The molecular weight excluding hydrogens is 515 g/mol. The number of carbonyl (C=O) groups excluding carboxylic acids is 2. The summed E-state index contributed by atoms with van der Waals surface area (Å²) in [7, 11) is 1.67. The van der Waals surface area contributed by atoms with Crippen molar-refractivity contribution in [3.05, 3.63) is 51.7 Å². The van der Waals surface area contributed by atoms with E-state index in [1.165, 1.54) is 23.5 Å². The lowest BCUT2D eigenvalue weighted by Crippen LogP contribution is -2.20. The van der Waals surface area contributed by atoms with Crippen LogP contribution < -0.4 is 15.8 Å². The first kappa shape index (κ1) is 26.0. The molecule has 4 rings (SSSR count). The van der Waals surface area contributed by atoms with Gasteiger partial charge in [0.2, 0.25) is 5.91 Å². The molecule has 1 atom stereocenters. The Hall–Kier alpha value is -3.06. The van der Waals surface area contributed by atoms with Gasteiger partial charge in [-0.2, -0.15) is 13.2 Å². The number of amides is 2. The lowest BCUT2D eigenvalue weighted by Gasteiger charge is -2.18. The molecule has 1 aliphatic rings. The van der Waals surface area contributed by atoms with Crippen molar-refractivity contribution in [3.63, 3.8) is 0 Å². The predicted molar refractivity (Wildman–Crippen MR) is 130 cm³/mol. The Morgan fingerprint density at radius 2 is 2.11 bits per heavy atom. The minimum absolute atomic E-state index is 0.0115. The smallest absolute Gasteiger partial charge is 0.416 e. The fourth-order valence-corrected chi connectivity index (χ4v) is 6.06. The van der Waals surface area contributed by atoms with E-state index < -0.39 is 17.6 Å². The summed E-state index contributed by atoms with van der Waals surface area (Å²) in [5.74, 6) is 0.0878. The molecule has 1 unspecified atom stereocenters. The number of primary amides is 1. The van der Waals surface area contributed by atoms with Gasteiger partial charge < -0.3 is 20.4 Å². The molecular formula is C23H24F3N5O3S2. The fraction of sp³-hybridized carbons (Fsp3) is 0.391. The summed E-state index contributed by atoms with van der Waals surface area (Å²) in [6.07, 6.45) is -1.87. The highest BCUT2D eigenvalue weighted by atomic mass is 32.2. The minimum atomic E-state index is -4.46. The molecule has 0 bridgehead atoms. The Balaban J connectivity index is 1.36. The number of thioether (sulfide) groups is 1. The van der Waals surface area contributed by atoms with Gasteiger partial charge in [-0.25, -0.2) is 0 Å². The van der Waals surface area contributed by atoms with Crippen LogP contribution in [0.2, 0.25) is 0 Å². The van der Waals surface area contributed by atoms with Gasteiger partial charge in [-0.05, 0) is 48.9 Å². The summed E-state index contributed by atoms with van der Waals surface area (Å²) in [6, 6.07) is 4.57. The first-order valence-corrected chi connectivity index (χ1v) is 12.9. The number of rotatable bonds is 8. The van der Waals surface area contributed by atoms with Crippen LogP contribution in [-0.4, -0.2) is 32.3 Å². The Bertz CT molecular complexity index is 1290. The second-order valence-electron chi connectivity index (χ2n) is 8.53. The number of nitrogens with two attached hydrogens (primary N) is 1. The number of hydrogen-bond donors (Lipinski definition) is 2. The van der Waals surface area contributed by atoms with Crippen LogP contribution in [0.5, 0.6) is 5.75 Å². The third-order valence-corrected chi connectivity index (χ3v) is 7.99. The van der Waals surface area contributed by atoms with Crippen LogP contribution in [0.4, 0.5) is 18.2 Å². The zero-order valence-corrected chi connectivity index (χ0v) is 21.1. The van der Waals surface area contributed by atoms with Crippen LogP contribution >= 0.6 is 23.1 Å². The summed E-state index contributed by atoms with van der Waals surface area (Å²) in [5, 5.41) is 11.8. The van der Waals surface area contributed by atoms with E-state index >= 15 is 0 Å². The number of benzene rings is 1. The van der Waals surface area contributed by atoms with Crippen LogP contribution in [-0.2, 0) is 37.5 Å². The number of nitrogens with one attached hydrogen (secondary N) is 1. The molecule has 2 aromatic heterocycles. The molecule has 2 amide bonds. The number of aromatic nitrogens is 3. The molecule has 13 heteroatoms. The topological polar surface area (TPSA) is 112 Å². The van der Waals surface area contributed by atoms with Gasteiger partial charge >= 0.3 is 6.18 Å². The molecule has 0 fully saturated rings. The average Bonchev–Trinajstić information content (AvgIpc) is 3.34. The number of carbonyl (C=O) groups is 2. The molecule has 0 spiro atoms. The number of thiophene rings is 1. The maximum absolute atomic E-state index is 12.9. The molecule has 1 aliphatic carbocycles. The monoisotopic (exact) mass is 539 g/mol. The summed E-state index contributed by atoms with van der Waals surface area (Å²) in [5.41, 5.74) is 6.13. The van der Waals surface area contributed by atoms with Crippen molar-refractivity contribution in [2.45, 2.75) is 44.1 Å². The van der Waals surface area contributed by atoms with Gasteiger partial charge in [0.1, 0.15) is 17.4 Å². The van der Waals surface area contributed by atoms with Gasteiger partial charge in [0.15, 0.2) is 11.0 Å². The van der Waals surface area contributed by atoms with Crippen molar-refractivity contribution in [1.29, 1.82) is 0 Å². The van der Waals surface area contributed by atoms with E-state index in [4.69, 9.17) is 10.5 Å². The quantitative estimate of drug-likeness (QED) is 0.410. The van der Waals surface area contributed by atoms with E-state index in [1.54, 1.807) is 11.6 Å². The van der Waals surface area contributed by atoms with Gasteiger partial charge in [-0.1, -0.05) is 24.8 Å². The van der Waals surface area contributed by atoms with E-state index in [2.05, 4.69) is 22.4 Å². The fourth-order valence-electron chi connectivity index (χ4n) is 3.90. The first-order chi connectivity index (χ1) is 17.0. The van der Waals surface area contributed by atoms with E-state index in [0.29, 0.717) is 27.5 Å². The Morgan fingerprint density at radius 3 is 2.83 bits per heavy atom. The molecule has 192 valence electrons. The Kier molecular flexibility index (Phi) is 7.59. The van der Waals surface area contributed by atoms with E-state index in [-0.39, 0.29) is 24.0 Å². The SMILES string of the molecule is CC1CCc2c(sc(NC(=O)CSc3nnc(COc4cccc(C(F)(F)F)c4)n3C)c2C(N)=O)C1. The molecule has 0 saturated heterocycles. The van der Waals surface area contributed by atoms with Crippen molar-refractivity contribution in [2.24, 2.45) is 18.7 Å². The van der Waals surface area contributed by atoms with Crippen LogP contribution in [0.15, 0.2) is 29.4 Å². The highest BCUT2D eigenvalue weighted by molar-refractivity contribution is 7.99. The molecule has 3 aromatic rings. The summed E-state index contributed by atoms with van der Waals surface area (Å²) in [4.78, 5) is 25.8. The lowest BCUT2D eigenvalue weighted by atomic mass is 9.88. The second kappa shape index (κ2) is 10.5. The van der Waals surface area contributed by atoms with Crippen molar-refractivity contribution in [2.75, 3.05) is 11.1 Å². The molecule has 8 nitrogen and oxygen atoms in total. The number of hydrogen-bond acceptors (Lipinski definition) is 7. The van der Waals surface area contributed by atoms with Gasteiger partial charge in [-0.3, -0.25) is 9.59 Å². The second-order valence-corrected chi connectivity index (χ2v) is 10.6. The molecule has 0 radical (unpaired) electrons. The zero-order chi connectivity index (χ0) is 26.0. The maximum Gasteiger partial charge on any atom is 0.416 e. The Labute approximate surface area is 213 Å². The molecule has 36 heavy (non-hydrogen) atoms. The number of halogens is 3. The molecule has 3 N–H and O–H groups in total. The number of fused-ring (bicyclic) bond motifs is 1. The third-order valence-electron chi connectivity index (χ3n) is 5.80. The third kappa shape index (κ3) is 5.84. The summed E-state index contributed by atoms with van der Waals surface area (Å²) < 4.78 is 45.7.